The summed E-state index contributed by atoms with van der Waals surface area (Å²) in [5.41, 5.74) is 1.25. The number of aromatic nitrogens is 1. The van der Waals surface area contributed by atoms with Crippen molar-refractivity contribution in [1.82, 2.24) is 14.8 Å². The number of carbonyl (C=O) groups is 2. The number of piperidine rings is 1. The topological polar surface area (TPSA) is 67.2 Å². The Kier molecular flexibility index (Phi) is 6.44. The molecule has 1 aromatic heterocycles. The second kappa shape index (κ2) is 8.98. The molecule has 7 nitrogen and oxygen atoms in total. The Hall–Kier alpha value is -2.15. The van der Waals surface area contributed by atoms with Crippen molar-refractivity contribution < 1.29 is 19.2 Å². The lowest BCUT2D eigenvalue weighted by Gasteiger charge is -2.37. The molecule has 1 aromatic rings. The summed E-state index contributed by atoms with van der Waals surface area (Å²) in [6.45, 7) is 7.57. The number of amides is 2. The number of hydrogen-bond acceptors (Lipinski definition) is 4. The normalized spacial score (nSPS) is 23.6. The van der Waals surface area contributed by atoms with Crippen molar-refractivity contribution in [2.24, 2.45) is 5.92 Å². The van der Waals surface area contributed by atoms with Gasteiger partial charge in [0.2, 0.25) is 5.91 Å². The molecule has 7 heteroatoms. The number of likely N-dealkylation sites (tertiary alicyclic amines) is 1. The van der Waals surface area contributed by atoms with Gasteiger partial charge < -0.3 is 19.4 Å². The second-order valence-electron chi connectivity index (χ2n) is 7.07. The van der Waals surface area contributed by atoms with Gasteiger partial charge in [-0.1, -0.05) is 6.07 Å². The van der Waals surface area contributed by atoms with Crippen molar-refractivity contribution in [2.75, 3.05) is 45.9 Å². The summed E-state index contributed by atoms with van der Waals surface area (Å²) in [7, 11) is 0. The molecule has 0 spiro atoms. The highest BCUT2D eigenvalue weighted by molar-refractivity contribution is 5.79. The average Bonchev–Trinajstić information content (AvgIpc) is 2.69. The molecule has 0 aliphatic carbocycles. The molecule has 0 unspecified atom stereocenters. The Bertz CT molecular complexity index is 594. The van der Waals surface area contributed by atoms with Crippen LogP contribution in [0.15, 0.2) is 24.5 Å². The maximum Gasteiger partial charge on any atom is 0.409 e. The summed E-state index contributed by atoms with van der Waals surface area (Å²) in [4.78, 5) is 33.9. The van der Waals surface area contributed by atoms with E-state index < -0.39 is 0 Å². The fraction of sp³-hybridized carbons (Fsp3) is 0.632. The van der Waals surface area contributed by atoms with Crippen LogP contribution >= 0.6 is 0 Å². The largest absolute Gasteiger partial charge is 0.450 e. The Labute approximate surface area is 154 Å². The summed E-state index contributed by atoms with van der Waals surface area (Å²) in [6, 6.07) is 4.08. The first kappa shape index (κ1) is 18.6. The highest BCUT2D eigenvalue weighted by atomic mass is 16.6. The molecule has 0 bridgehead atoms. The molecule has 3 heterocycles. The van der Waals surface area contributed by atoms with E-state index in [1.807, 2.05) is 17.2 Å². The van der Waals surface area contributed by atoms with E-state index in [0.717, 1.165) is 32.5 Å². The lowest BCUT2D eigenvalue weighted by Crippen LogP contribution is -3.11. The number of rotatable bonds is 4. The van der Waals surface area contributed by atoms with Crippen molar-refractivity contribution in [2.45, 2.75) is 26.3 Å². The summed E-state index contributed by atoms with van der Waals surface area (Å²) in [5, 5.41) is 0. The predicted octanol–water partition coefficient (Wildman–Crippen LogP) is 0.177. The van der Waals surface area contributed by atoms with Crippen LogP contribution in [-0.4, -0.2) is 72.7 Å². The molecule has 2 fully saturated rings. The number of hydrogen-bond donors (Lipinski definition) is 1. The summed E-state index contributed by atoms with van der Waals surface area (Å²) < 4.78 is 5.03. The Morgan fingerprint density at radius 1 is 1.19 bits per heavy atom. The van der Waals surface area contributed by atoms with Crippen molar-refractivity contribution in [3.05, 3.63) is 30.1 Å². The Morgan fingerprint density at radius 2 is 1.88 bits per heavy atom. The number of quaternary nitrogens is 1. The van der Waals surface area contributed by atoms with Gasteiger partial charge in [0.1, 0.15) is 6.54 Å². The fourth-order valence-corrected chi connectivity index (χ4v) is 3.82. The third-order valence-electron chi connectivity index (χ3n) is 5.34. The number of carbonyl (C=O) groups excluding carboxylic acids is 2. The predicted molar refractivity (Wildman–Crippen MR) is 96.5 cm³/mol. The summed E-state index contributed by atoms with van der Waals surface area (Å²) >= 11 is 0. The standard InChI is InChI=1S/C19H28N4O3/c1-2-26-19(25)23-12-10-22(11-13-23)18(24)17-5-8-21(9-6-17)15-16-4-3-7-20-14-16/h3-4,7,14,17H,2,5-6,8-13,15H2,1H3/p+1. The van der Waals surface area contributed by atoms with Crippen LogP contribution in [0.5, 0.6) is 0 Å². The zero-order valence-corrected chi connectivity index (χ0v) is 15.5. The van der Waals surface area contributed by atoms with Gasteiger partial charge in [-0.15, -0.1) is 0 Å². The monoisotopic (exact) mass is 361 g/mol. The van der Waals surface area contributed by atoms with E-state index >= 15 is 0 Å². The van der Waals surface area contributed by atoms with E-state index in [0.29, 0.717) is 32.8 Å². The number of pyridine rings is 1. The number of nitrogens with zero attached hydrogens (tertiary/aromatic N) is 3. The van der Waals surface area contributed by atoms with Gasteiger partial charge in [0, 0.05) is 62.9 Å². The van der Waals surface area contributed by atoms with E-state index in [-0.39, 0.29) is 17.9 Å². The first-order valence-electron chi connectivity index (χ1n) is 9.60. The lowest BCUT2D eigenvalue weighted by atomic mass is 9.94. The molecule has 2 saturated heterocycles. The Morgan fingerprint density at radius 3 is 2.50 bits per heavy atom. The molecular weight excluding hydrogens is 332 g/mol. The minimum atomic E-state index is -0.271. The first-order valence-corrected chi connectivity index (χ1v) is 9.60. The van der Waals surface area contributed by atoms with Gasteiger partial charge in [0.05, 0.1) is 19.7 Å². The van der Waals surface area contributed by atoms with Gasteiger partial charge in [0.25, 0.3) is 0 Å². The molecule has 2 aliphatic rings. The fourth-order valence-electron chi connectivity index (χ4n) is 3.82. The van der Waals surface area contributed by atoms with Crippen LogP contribution < -0.4 is 4.90 Å². The SMILES string of the molecule is CCOC(=O)N1CCN(C(=O)C2CC[NH+](Cc3cccnc3)CC2)CC1. The van der Waals surface area contributed by atoms with Crippen LogP contribution in [0.2, 0.25) is 0 Å². The third-order valence-corrected chi connectivity index (χ3v) is 5.34. The van der Waals surface area contributed by atoms with Gasteiger partial charge in [-0.05, 0) is 13.0 Å². The van der Waals surface area contributed by atoms with Crippen LogP contribution in [0.3, 0.4) is 0 Å². The zero-order chi connectivity index (χ0) is 18.4. The van der Waals surface area contributed by atoms with Gasteiger partial charge in [-0.2, -0.15) is 0 Å². The number of piperazine rings is 1. The molecule has 3 rings (SSSR count). The molecule has 2 amide bonds. The van der Waals surface area contributed by atoms with Gasteiger partial charge in [-0.25, -0.2) is 4.79 Å². The van der Waals surface area contributed by atoms with E-state index in [9.17, 15) is 9.59 Å². The quantitative estimate of drug-likeness (QED) is 0.831. The second-order valence-corrected chi connectivity index (χ2v) is 7.07. The van der Waals surface area contributed by atoms with Crippen molar-refractivity contribution >= 4 is 12.0 Å². The van der Waals surface area contributed by atoms with E-state index in [1.165, 1.54) is 10.5 Å². The van der Waals surface area contributed by atoms with E-state index in [4.69, 9.17) is 4.74 Å². The highest BCUT2D eigenvalue weighted by Gasteiger charge is 2.32. The maximum absolute atomic E-state index is 12.8. The van der Waals surface area contributed by atoms with Crippen LogP contribution in [-0.2, 0) is 16.1 Å². The minimum Gasteiger partial charge on any atom is -0.450 e. The molecule has 1 N–H and O–H groups in total. The molecule has 0 saturated carbocycles. The third kappa shape index (κ3) is 4.72. The number of ether oxygens (including phenoxy) is 1. The first-order chi connectivity index (χ1) is 12.7. The molecule has 2 aliphatic heterocycles. The smallest absolute Gasteiger partial charge is 0.409 e. The van der Waals surface area contributed by atoms with E-state index in [1.54, 1.807) is 18.0 Å². The van der Waals surface area contributed by atoms with Crippen LogP contribution in [0.1, 0.15) is 25.3 Å². The van der Waals surface area contributed by atoms with Crippen LogP contribution in [0.25, 0.3) is 0 Å². The molecule has 0 radical (unpaired) electrons. The van der Waals surface area contributed by atoms with E-state index in [2.05, 4.69) is 11.1 Å². The maximum atomic E-state index is 12.8. The highest BCUT2D eigenvalue weighted by Crippen LogP contribution is 2.16. The summed E-state index contributed by atoms with van der Waals surface area (Å²) in [5.74, 6) is 0.385. The van der Waals surface area contributed by atoms with Gasteiger partial charge in [-0.3, -0.25) is 9.78 Å². The molecular formula is C19H29N4O3+. The van der Waals surface area contributed by atoms with Crippen LogP contribution in [0.4, 0.5) is 4.79 Å². The van der Waals surface area contributed by atoms with Gasteiger partial charge >= 0.3 is 6.09 Å². The molecule has 142 valence electrons. The number of nitrogens with one attached hydrogen (secondary N) is 1. The average molecular weight is 361 g/mol. The van der Waals surface area contributed by atoms with Crippen LogP contribution in [0, 0.1) is 5.92 Å². The lowest BCUT2D eigenvalue weighted by molar-refractivity contribution is -0.919. The Balaban J connectivity index is 1.42. The van der Waals surface area contributed by atoms with Crippen molar-refractivity contribution in [3.8, 4) is 0 Å². The van der Waals surface area contributed by atoms with Crippen molar-refractivity contribution in [1.29, 1.82) is 0 Å². The zero-order valence-electron chi connectivity index (χ0n) is 15.5. The molecule has 0 atom stereocenters. The summed E-state index contributed by atoms with van der Waals surface area (Å²) in [6.07, 6.45) is 5.32. The van der Waals surface area contributed by atoms with Crippen molar-refractivity contribution in [3.63, 3.8) is 0 Å². The minimum absolute atomic E-state index is 0.127. The molecule has 0 aromatic carbocycles. The van der Waals surface area contributed by atoms with Gasteiger partial charge in [0.15, 0.2) is 0 Å². The molecule has 26 heavy (non-hydrogen) atoms.